The quantitative estimate of drug-likeness (QED) is 0.171. The number of hydrogen-bond donors (Lipinski definition) is 3. The van der Waals surface area contributed by atoms with Crippen molar-refractivity contribution in [3.8, 4) is 11.5 Å². The lowest BCUT2D eigenvalue weighted by Gasteiger charge is -2.15. The smallest absolute Gasteiger partial charge is 0.329 e. The van der Waals surface area contributed by atoms with E-state index in [1.807, 2.05) is 58.0 Å². The molecule has 0 aliphatic heterocycles. The van der Waals surface area contributed by atoms with E-state index in [2.05, 4.69) is 37.1 Å². The standard InChI is InChI=1S/C29H31BrN4O5/c1-5-21-9-7-8-10-24(21)33-28(36)29(37)34-31-16-20-14-23(30)27(25(15-20)38-6-2)39-17-26(35)32-22-12-11-18(3)19(4)13-22/h7-16H,5-6,17H2,1-4H3,(H,32,35)(H,33,36)(H,34,37)/b31-16-. The highest BCUT2D eigenvalue weighted by molar-refractivity contribution is 9.10. The van der Waals surface area contributed by atoms with Gasteiger partial charge in [-0.25, -0.2) is 5.43 Å². The second-order valence-corrected chi connectivity index (χ2v) is 9.42. The van der Waals surface area contributed by atoms with Crippen LogP contribution in [-0.4, -0.2) is 37.1 Å². The number of hydrogen-bond acceptors (Lipinski definition) is 6. The Kier molecular flexibility index (Phi) is 10.6. The summed E-state index contributed by atoms with van der Waals surface area (Å²) in [6.45, 7) is 7.88. The Hall–Kier alpha value is -4.18. The number of para-hydroxylation sites is 1. The zero-order chi connectivity index (χ0) is 28.4. The Morgan fingerprint density at radius 1 is 0.923 bits per heavy atom. The summed E-state index contributed by atoms with van der Waals surface area (Å²) >= 11 is 3.45. The van der Waals surface area contributed by atoms with Gasteiger partial charge in [-0.15, -0.1) is 0 Å². The van der Waals surface area contributed by atoms with Crippen molar-refractivity contribution in [2.24, 2.45) is 5.10 Å². The zero-order valence-electron chi connectivity index (χ0n) is 22.3. The Morgan fingerprint density at radius 2 is 1.69 bits per heavy atom. The molecule has 0 saturated heterocycles. The predicted octanol–water partition coefficient (Wildman–Crippen LogP) is 5.13. The highest BCUT2D eigenvalue weighted by atomic mass is 79.9. The summed E-state index contributed by atoms with van der Waals surface area (Å²) in [5, 5.41) is 9.30. The molecule has 0 radical (unpaired) electrons. The minimum Gasteiger partial charge on any atom is -0.490 e. The molecule has 3 aromatic rings. The molecule has 0 fully saturated rings. The van der Waals surface area contributed by atoms with Crippen LogP contribution in [0.25, 0.3) is 0 Å². The van der Waals surface area contributed by atoms with Crippen molar-refractivity contribution in [3.63, 3.8) is 0 Å². The van der Waals surface area contributed by atoms with E-state index >= 15 is 0 Å². The van der Waals surface area contributed by atoms with Crippen LogP contribution >= 0.6 is 15.9 Å². The van der Waals surface area contributed by atoms with Crippen molar-refractivity contribution in [1.29, 1.82) is 0 Å². The van der Waals surface area contributed by atoms with Crippen LogP contribution < -0.4 is 25.5 Å². The van der Waals surface area contributed by atoms with Crippen molar-refractivity contribution < 1.29 is 23.9 Å². The average Bonchev–Trinajstić information content (AvgIpc) is 2.90. The van der Waals surface area contributed by atoms with Crippen LogP contribution in [-0.2, 0) is 20.8 Å². The first-order valence-corrected chi connectivity index (χ1v) is 13.2. The van der Waals surface area contributed by atoms with Crippen molar-refractivity contribution >= 4 is 51.2 Å². The highest BCUT2D eigenvalue weighted by Gasteiger charge is 2.16. The first kappa shape index (κ1) is 29.4. The average molecular weight is 595 g/mol. The van der Waals surface area contributed by atoms with E-state index in [1.165, 1.54) is 6.21 Å². The Bertz CT molecular complexity index is 1390. The molecular weight excluding hydrogens is 564 g/mol. The van der Waals surface area contributed by atoms with E-state index in [-0.39, 0.29) is 12.5 Å². The Balaban J connectivity index is 1.62. The van der Waals surface area contributed by atoms with Crippen LogP contribution in [0.3, 0.4) is 0 Å². The molecule has 10 heteroatoms. The molecule has 0 spiro atoms. The first-order chi connectivity index (χ1) is 18.7. The summed E-state index contributed by atoms with van der Waals surface area (Å²) in [6, 6.07) is 16.3. The summed E-state index contributed by atoms with van der Waals surface area (Å²) in [7, 11) is 0. The molecule has 3 aromatic carbocycles. The van der Waals surface area contributed by atoms with Gasteiger partial charge in [-0.05, 0) is 95.7 Å². The van der Waals surface area contributed by atoms with Crippen LogP contribution in [0.4, 0.5) is 11.4 Å². The molecule has 0 aliphatic rings. The van der Waals surface area contributed by atoms with Gasteiger partial charge in [0, 0.05) is 11.4 Å². The molecule has 0 bridgehead atoms. The molecule has 204 valence electrons. The fourth-order valence-corrected chi connectivity index (χ4v) is 4.14. The van der Waals surface area contributed by atoms with E-state index in [9.17, 15) is 14.4 Å². The van der Waals surface area contributed by atoms with Crippen LogP contribution in [0.2, 0.25) is 0 Å². The van der Waals surface area contributed by atoms with Gasteiger partial charge in [0.1, 0.15) is 0 Å². The van der Waals surface area contributed by atoms with Crippen molar-refractivity contribution in [2.75, 3.05) is 23.8 Å². The molecule has 3 amide bonds. The number of nitrogens with one attached hydrogen (secondary N) is 3. The molecule has 0 aliphatic carbocycles. The van der Waals surface area contributed by atoms with Crippen LogP contribution in [0.5, 0.6) is 11.5 Å². The lowest BCUT2D eigenvalue weighted by Crippen LogP contribution is -2.32. The number of ether oxygens (including phenoxy) is 2. The van der Waals surface area contributed by atoms with Gasteiger partial charge in [-0.3, -0.25) is 14.4 Å². The minimum atomic E-state index is -0.906. The predicted molar refractivity (Wildman–Crippen MR) is 156 cm³/mol. The van der Waals surface area contributed by atoms with E-state index in [1.54, 1.807) is 24.3 Å². The number of benzene rings is 3. The molecule has 0 unspecified atom stereocenters. The molecule has 3 rings (SSSR count). The summed E-state index contributed by atoms with van der Waals surface area (Å²) in [5.41, 5.74) is 7.18. The number of amides is 3. The van der Waals surface area contributed by atoms with Crippen molar-refractivity contribution in [1.82, 2.24) is 5.43 Å². The molecule has 3 N–H and O–H groups in total. The normalized spacial score (nSPS) is 10.7. The van der Waals surface area contributed by atoms with Crippen molar-refractivity contribution in [3.05, 3.63) is 81.3 Å². The van der Waals surface area contributed by atoms with Gasteiger partial charge in [-0.1, -0.05) is 31.2 Å². The maximum absolute atomic E-state index is 12.5. The number of anilines is 2. The Morgan fingerprint density at radius 3 is 2.41 bits per heavy atom. The summed E-state index contributed by atoms with van der Waals surface area (Å²) in [4.78, 5) is 36.9. The Labute approximate surface area is 236 Å². The second kappa shape index (κ2) is 14.1. The summed E-state index contributed by atoms with van der Waals surface area (Å²) in [6.07, 6.45) is 2.08. The largest absolute Gasteiger partial charge is 0.490 e. The lowest BCUT2D eigenvalue weighted by atomic mass is 10.1. The third-order valence-electron chi connectivity index (χ3n) is 5.70. The molecule has 0 saturated carbocycles. The minimum absolute atomic E-state index is 0.231. The van der Waals surface area contributed by atoms with E-state index < -0.39 is 11.8 Å². The molecule has 0 atom stereocenters. The zero-order valence-corrected chi connectivity index (χ0v) is 23.8. The summed E-state index contributed by atoms with van der Waals surface area (Å²) < 4.78 is 12.0. The van der Waals surface area contributed by atoms with E-state index in [0.29, 0.717) is 45.9 Å². The SMILES string of the molecule is CCOc1cc(/C=N\NC(=O)C(=O)Nc2ccccc2CC)cc(Br)c1OCC(=O)Nc1ccc(C)c(C)c1. The number of hydrazone groups is 1. The van der Waals surface area contributed by atoms with Gasteiger partial charge in [0.25, 0.3) is 5.91 Å². The van der Waals surface area contributed by atoms with Gasteiger partial charge in [0.15, 0.2) is 18.1 Å². The number of carbonyl (C=O) groups excluding carboxylic acids is 3. The first-order valence-electron chi connectivity index (χ1n) is 12.4. The molecular formula is C29H31BrN4O5. The van der Waals surface area contributed by atoms with Gasteiger partial charge in [0.05, 0.1) is 17.3 Å². The van der Waals surface area contributed by atoms with Gasteiger partial charge in [-0.2, -0.15) is 5.10 Å². The topological polar surface area (TPSA) is 118 Å². The number of carbonyl (C=O) groups is 3. The van der Waals surface area contributed by atoms with Crippen LogP contribution in [0.15, 0.2) is 64.2 Å². The van der Waals surface area contributed by atoms with E-state index in [4.69, 9.17) is 9.47 Å². The molecule has 9 nitrogen and oxygen atoms in total. The van der Waals surface area contributed by atoms with Gasteiger partial charge in [0.2, 0.25) is 0 Å². The third-order valence-corrected chi connectivity index (χ3v) is 6.29. The maximum atomic E-state index is 12.5. The monoisotopic (exact) mass is 594 g/mol. The van der Waals surface area contributed by atoms with Gasteiger partial charge < -0.3 is 20.1 Å². The highest BCUT2D eigenvalue weighted by Crippen LogP contribution is 2.36. The van der Waals surface area contributed by atoms with E-state index in [0.717, 1.165) is 16.7 Å². The lowest BCUT2D eigenvalue weighted by molar-refractivity contribution is -0.136. The molecule has 0 aromatic heterocycles. The van der Waals surface area contributed by atoms with Crippen molar-refractivity contribution in [2.45, 2.75) is 34.1 Å². The van der Waals surface area contributed by atoms with Gasteiger partial charge >= 0.3 is 11.8 Å². The van der Waals surface area contributed by atoms with Crippen LogP contribution in [0.1, 0.15) is 36.1 Å². The number of halogens is 1. The third kappa shape index (κ3) is 8.41. The van der Waals surface area contributed by atoms with Crippen LogP contribution in [0, 0.1) is 13.8 Å². The fourth-order valence-electron chi connectivity index (χ4n) is 3.57. The second-order valence-electron chi connectivity index (χ2n) is 8.56. The number of nitrogens with zero attached hydrogens (tertiary/aromatic N) is 1. The molecule has 0 heterocycles. The molecule has 39 heavy (non-hydrogen) atoms. The summed E-state index contributed by atoms with van der Waals surface area (Å²) in [5.74, 6) is -1.32. The number of aryl methyl sites for hydroxylation is 3. The number of rotatable bonds is 10. The maximum Gasteiger partial charge on any atom is 0.329 e. The fraction of sp³-hybridized carbons (Fsp3) is 0.241.